The quantitative estimate of drug-likeness (QED) is 0.163. The molecule has 6 aliphatic rings. The van der Waals surface area contributed by atoms with Crippen LogP contribution in [0.1, 0.15) is 75.2 Å². The fraction of sp³-hybridized carbons (Fsp3) is 0.952. The predicted octanol–water partition coefficient (Wildman–Crippen LogP) is 4.10. The maximum atomic E-state index is 12.7. The summed E-state index contributed by atoms with van der Waals surface area (Å²) in [6.07, 6.45) is 1.15. The Hall–Kier alpha value is 0.765. The van der Waals surface area contributed by atoms with Gasteiger partial charge in [-0.2, -0.15) is 0 Å². The highest BCUT2D eigenvalue weighted by Crippen LogP contribution is 2.54. The van der Waals surface area contributed by atoms with Crippen molar-refractivity contribution in [2.75, 3.05) is 6.61 Å². The number of esters is 1. The summed E-state index contributed by atoms with van der Waals surface area (Å²) in [5.74, 6) is -0.231. The van der Waals surface area contributed by atoms with Gasteiger partial charge in [-0.05, 0) is 38.8 Å². The van der Waals surface area contributed by atoms with Gasteiger partial charge in [-0.3, -0.25) is 4.79 Å². The lowest BCUT2D eigenvalue weighted by atomic mass is 9.91. The molecule has 6 rings (SSSR count). The Morgan fingerprint density at radius 3 is 1.55 bits per heavy atom. The molecule has 6 saturated heterocycles. The molecule has 0 N–H and O–H groups in total. The van der Waals surface area contributed by atoms with Crippen molar-refractivity contribution in [3.63, 3.8) is 0 Å². The SMILES string of the molecule is CCC(C)(C)C(=O)OCCC[Si]12O[Si]3(CC)O[Si]4(CC)O[SiH]5O[Si](CC)(O3)O[Si](CC)(O1)[Si](CC)(O5)O[Si](CC)(O4)O2. The summed E-state index contributed by atoms with van der Waals surface area (Å²) in [6.45, 7) is 18.0. The number of carbonyl (C=O) groups excluding carboxylic acids is 1. The second kappa shape index (κ2) is 11.8. The number of carbonyl (C=O) groups is 1. The summed E-state index contributed by atoms with van der Waals surface area (Å²) >= 11 is 0. The zero-order valence-corrected chi connectivity index (χ0v) is 34.6. The lowest BCUT2D eigenvalue weighted by molar-refractivity contribution is -0.154. The van der Waals surface area contributed by atoms with Gasteiger partial charge in [0, 0.05) is 30.2 Å². The highest BCUT2D eigenvalue weighted by molar-refractivity contribution is 7.37. The maximum Gasteiger partial charge on any atom is 0.478 e. The molecule has 0 aromatic carbocycles. The van der Waals surface area contributed by atoms with Crippen molar-refractivity contribution in [1.29, 1.82) is 0 Å². The molecular formula is C21H48O13Si8. The van der Waals surface area contributed by atoms with Gasteiger partial charge in [-0.1, -0.05) is 48.5 Å². The van der Waals surface area contributed by atoms with Crippen LogP contribution >= 0.6 is 0 Å². The van der Waals surface area contributed by atoms with E-state index in [1.165, 1.54) is 0 Å². The summed E-state index contributed by atoms with van der Waals surface area (Å²) in [5.41, 5.74) is -0.560. The summed E-state index contributed by atoms with van der Waals surface area (Å²) in [6, 6.07) is 3.33. The molecule has 8 bridgehead atoms. The van der Waals surface area contributed by atoms with E-state index in [0.717, 1.165) is 0 Å². The Labute approximate surface area is 259 Å². The molecule has 21 heteroatoms. The van der Waals surface area contributed by atoms with E-state index in [0.29, 0.717) is 55.2 Å². The molecule has 0 aliphatic carbocycles. The van der Waals surface area contributed by atoms with E-state index in [2.05, 4.69) is 13.8 Å². The molecule has 0 saturated carbocycles. The molecule has 42 heavy (non-hydrogen) atoms. The van der Waals surface area contributed by atoms with Gasteiger partial charge in [0.05, 0.1) is 12.0 Å². The number of ether oxygens (including phenoxy) is 1. The molecule has 6 fully saturated rings. The van der Waals surface area contributed by atoms with Crippen LogP contribution in [-0.2, 0) is 54.8 Å². The second-order valence-electron chi connectivity index (χ2n) is 12.0. The predicted molar refractivity (Wildman–Crippen MR) is 167 cm³/mol. The lowest BCUT2D eigenvalue weighted by Gasteiger charge is -2.54. The number of hydrogen-bond acceptors (Lipinski definition) is 13. The summed E-state index contributed by atoms with van der Waals surface area (Å²) < 4.78 is 83.6. The van der Waals surface area contributed by atoms with Gasteiger partial charge in [-0.25, -0.2) is 0 Å². The zero-order chi connectivity index (χ0) is 30.7. The van der Waals surface area contributed by atoms with Crippen LogP contribution in [0.3, 0.4) is 0 Å². The van der Waals surface area contributed by atoms with Crippen LogP contribution in [0.25, 0.3) is 0 Å². The van der Waals surface area contributed by atoms with Crippen molar-refractivity contribution in [2.24, 2.45) is 5.41 Å². The van der Waals surface area contributed by atoms with Gasteiger partial charge in [0.2, 0.25) is 0 Å². The molecule has 0 aromatic rings. The monoisotopic (exact) mass is 732 g/mol. The van der Waals surface area contributed by atoms with E-state index in [9.17, 15) is 4.79 Å². The van der Waals surface area contributed by atoms with Crippen LogP contribution in [0.4, 0.5) is 0 Å². The first-order valence-electron chi connectivity index (χ1n) is 15.6. The second-order valence-corrected chi connectivity index (χ2v) is 41.1. The maximum absolute atomic E-state index is 12.7. The molecule has 8 unspecified atom stereocenters. The Bertz CT molecular complexity index is 1050. The van der Waals surface area contributed by atoms with Crippen LogP contribution in [0.2, 0.25) is 42.3 Å². The van der Waals surface area contributed by atoms with E-state index in [-0.39, 0.29) is 12.6 Å². The van der Waals surface area contributed by atoms with Crippen molar-refractivity contribution < 1.29 is 54.8 Å². The summed E-state index contributed by atoms with van der Waals surface area (Å²) in [4.78, 5) is 12.7. The van der Waals surface area contributed by atoms with Gasteiger partial charge >= 0.3 is 75.7 Å². The molecule has 6 heterocycles. The van der Waals surface area contributed by atoms with Crippen molar-refractivity contribution in [3.05, 3.63) is 0 Å². The van der Waals surface area contributed by atoms with Crippen LogP contribution < -0.4 is 0 Å². The molecule has 13 nitrogen and oxygen atoms in total. The molecule has 242 valence electrons. The van der Waals surface area contributed by atoms with Crippen LogP contribution in [0, 0.1) is 5.41 Å². The zero-order valence-electron chi connectivity index (χ0n) is 26.5. The third kappa shape index (κ3) is 5.55. The van der Waals surface area contributed by atoms with E-state index >= 15 is 0 Å². The van der Waals surface area contributed by atoms with Crippen molar-refractivity contribution in [1.82, 2.24) is 0 Å². The van der Waals surface area contributed by atoms with Crippen LogP contribution in [0.5, 0.6) is 0 Å². The van der Waals surface area contributed by atoms with E-state index in [4.69, 9.17) is 50.0 Å². The topological polar surface area (TPSA) is 128 Å². The van der Waals surface area contributed by atoms with Gasteiger partial charge in [0.15, 0.2) is 0 Å². The van der Waals surface area contributed by atoms with Crippen LogP contribution in [-0.4, -0.2) is 82.3 Å². The molecule has 8 atom stereocenters. The van der Waals surface area contributed by atoms with Crippen LogP contribution in [0.15, 0.2) is 0 Å². The third-order valence-corrected chi connectivity index (χ3v) is 52.6. The highest BCUT2D eigenvalue weighted by atomic mass is 29.3. The Balaban J connectivity index is 1.65. The lowest BCUT2D eigenvalue weighted by Crippen LogP contribution is -2.78. The van der Waals surface area contributed by atoms with Crippen molar-refractivity contribution in [3.8, 4) is 0 Å². The smallest absolute Gasteiger partial charge is 0.465 e. The first kappa shape index (κ1) is 34.1. The Kier molecular flexibility index (Phi) is 9.57. The summed E-state index contributed by atoms with van der Waals surface area (Å²) in [5, 5.41) is 0. The van der Waals surface area contributed by atoms with Gasteiger partial charge in [0.1, 0.15) is 0 Å². The largest absolute Gasteiger partial charge is 0.478 e. The average molecular weight is 733 g/mol. The Morgan fingerprint density at radius 2 is 1.05 bits per heavy atom. The third-order valence-electron chi connectivity index (χ3n) is 8.89. The minimum atomic E-state index is -3.72. The number of rotatable bonds is 12. The molecule has 0 aromatic heterocycles. The highest BCUT2D eigenvalue weighted by Gasteiger charge is 2.84. The minimum absolute atomic E-state index is 0.203. The standard InChI is InChI=1S/C21H48O13Si8/c1-10-21(8,9)20(22)23-18-17-19-40-30-38(13-4)27-36(11-2)24-35-25-37(12-3,29-38)32-42(16-7,34-40)41(15-6,26-35)33-39(14-5,28-36)31-40/h35H,10-19H2,1-9H3. The average Bonchev–Trinajstić information content (AvgIpc) is 3.13. The first-order chi connectivity index (χ1) is 19.7. The fourth-order valence-corrected chi connectivity index (χ4v) is 65.5. The van der Waals surface area contributed by atoms with E-state index in [1.807, 2.05) is 48.5 Å². The van der Waals surface area contributed by atoms with Gasteiger partial charge < -0.3 is 50.0 Å². The van der Waals surface area contributed by atoms with Gasteiger partial charge in [0.25, 0.3) is 0 Å². The molecular weight excluding hydrogens is 685 g/mol. The minimum Gasteiger partial charge on any atom is -0.465 e. The molecule has 6 aliphatic heterocycles. The van der Waals surface area contributed by atoms with Crippen molar-refractivity contribution in [2.45, 2.75) is 117 Å². The fourth-order valence-electron chi connectivity index (χ4n) is 5.83. The van der Waals surface area contributed by atoms with E-state index in [1.54, 1.807) is 0 Å². The number of hydrogen-bond donors (Lipinski definition) is 0. The summed E-state index contributed by atoms with van der Waals surface area (Å²) in [7, 11) is -27.5. The normalized spacial score (nSPS) is 46.2. The molecule has 0 radical (unpaired) electrons. The molecule has 0 amide bonds. The first-order valence-corrected chi connectivity index (χ1v) is 31.7. The Morgan fingerprint density at radius 1 is 0.595 bits per heavy atom. The van der Waals surface area contributed by atoms with Gasteiger partial charge in [-0.15, -0.1) is 0 Å². The van der Waals surface area contributed by atoms with E-state index < -0.39 is 75.1 Å². The molecule has 0 spiro atoms. The van der Waals surface area contributed by atoms with Crippen molar-refractivity contribution >= 4 is 75.7 Å².